The molecular weight excluding hydrogens is 156 g/mol. The van der Waals surface area contributed by atoms with Crippen molar-refractivity contribution in [1.29, 1.82) is 0 Å². The van der Waals surface area contributed by atoms with E-state index < -0.39 is 5.97 Å². The van der Waals surface area contributed by atoms with Crippen LogP contribution in [0.25, 0.3) is 0 Å². The van der Waals surface area contributed by atoms with Crippen molar-refractivity contribution in [2.24, 2.45) is 0 Å². The number of H-pyrrole nitrogens is 1. The van der Waals surface area contributed by atoms with Crippen molar-refractivity contribution in [3.8, 4) is 0 Å². The summed E-state index contributed by atoms with van der Waals surface area (Å²) in [5.41, 5.74) is 1.09. The van der Waals surface area contributed by atoms with Gasteiger partial charge in [0.1, 0.15) is 11.9 Å². The summed E-state index contributed by atoms with van der Waals surface area (Å²) in [6, 6.07) is -0.361. The zero-order valence-electron chi connectivity index (χ0n) is 6.66. The van der Waals surface area contributed by atoms with Crippen LogP contribution < -0.4 is 4.57 Å². The standard InChI is InChI=1S/C8H10N2O2/c11-8(12)7-3-1-2-6-4-9-5-10(6)7/h4-5,7H,1-3H2,(H,11,12)/p+1/t7-/m1/s1. The molecule has 0 spiro atoms. The Balaban J connectivity index is 2.37. The van der Waals surface area contributed by atoms with Gasteiger partial charge in [-0.25, -0.2) is 14.3 Å². The monoisotopic (exact) mass is 167 g/mol. The molecule has 1 aromatic heterocycles. The van der Waals surface area contributed by atoms with E-state index >= 15 is 0 Å². The van der Waals surface area contributed by atoms with E-state index in [4.69, 9.17) is 5.11 Å². The number of fused-ring (bicyclic) bond motifs is 1. The first-order chi connectivity index (χ1) is 5.79. The van der Waals surface area contributed by atoms with Crippen LogP contribution in [0, 0.1) is 0 Å². The average molecular weight is 167 g/mol. The van der Waals surface area contributed by atoms with Gasteiger partial charge in [-0.1, -0.05) is 0 Å². The predicted molar refractivity (Wildman–Crippen MR) is 40.6 cm³/mol. The number of carboxylic acids is 1. The number of aryl methyl sites for hydroxylation is 1. The van der Waals surface area contributed by atoms with Crippen LogP contribution in [0.2, 0.25) is 0 Å². The van der Waals surface area contributed by atoms with Gasteiger partial charge < -0.3 is 5.11 Å². The quantitative estimate of drug-likeness (QED) is 0.589. The van der Waals surface area contributed by atoms with Crippen molar-refractivity contribution >= 4 is 5.97 Å². The molecule has 2 heterocycles. The highest BCUT2D eigenvalue weighted by Gasteiger charge is 2.30. The van der Waals surface area contributed by atoms with Crippen LogP contribution in [0.1, 0.15) is 24.6 Å². The number of aliphatic carboxylic acids is 1. The third kappa shape index (κ3) is 0.995. The lowest BCUT2D eigenvalue weighted by Gasteiger charge is -2.15. The number of aromatic amines is 1. The van der Waals surface area contributed by atoms with Gasteiger partial charge in [0, 0.05) is 6.42 Å². The fourth-order valence-electron chi connectivity index (χ4n) is 1.72. The van der Waals surface area contributed by atoms with Crippen LogP contribution in [0.5, 0.6) is 0 Å². The van der Waals surface area contributed by atoms with Crippen molar-refractivity contribution < 1.29 is 14.5 Å². The van der Waals surface area contributed by atoms with Crippen LogP contribution in [0.3, 0.4) is 0 Å². The molecule has 0 saturated carbocycles. The molecule has 0 unspecified atom stereocenters. The van der Waals surface area contributed by atoms with E-state index in [0.717, 1.165) is 25.0 Å². The Bertz CT molecular complexity index is 306. The maximum atomic E-state index is 10.8. The second-order valence-corrected chi connectivity index (χ2v) is 3.08. The van der Waals surface area contributed by atoms with Crippen molar-refractivity contribution in [2.75, 3.05) is 0 Å². The van der Waals surface area contributed by atoms with Crippen molar-refractivity contribution in [2.45, 2.75) is 25.3 Å². The molecule has 0 bridgehead atoms. The summed E-state index contributed by atoms with van der Waals surface area (Å²) in [6.45, 7) is 0. The van der Waals surface area contributed by atoms with E-state index in [1.165, 1.54) is 0 Å². The number of rotatable bonds is 1. The Hall–Kier alpha value is -1.32. The number of hydrogen-bond donors (Lipinski definition) is 2. The number of carboxylic acid groups (broad SMARTS) is 1. The average Bonchev–Trinajstić information content (AvgIpc) is 2.49. The van der Waals surface area contributed by atoms with Gasteiger partial charge in [0.2, 0.25) is 6.33 Å². The molecule has 64 valence electrons. The van der Waals surface area contributed by atoms with Crippen molar-refractivity contribution in [3.63, 3.8) is 0 Å². The zero-order valence-corrected chi connectivity index (χ0v) is 6.66. The molecule has 1 aromatic rings. The minimum Gasteiger partial charge on any atom is -0.478 e. The second kappa shape index (κ2) is 2.62. The normalized spacial score (nSPS) is 21.8. The maximum absolute atomic E-state index is 10.8. The Morgan fingerprint density at radius 2 is 2.58 bits per heavy atom. The summed E-state index contributed by atoms with van der Waals surface area (Å²) in [7, 11) is 0. The Morgan fingerprint density at radius 1 is 1.75 bits per heavy atom. The summed E-state index contributed by atoms with van der Waals surface area (Å²) >= 11 is 0. The Morgan fingerprint density at radius 3 is 3.33 bits per heavy atom. The van der Waals surface area contributed by atoms with Gasteiger partial charge in [-0.3, -0.25) is 0 Å². The molecule has 2 rings (SSSR count). The lowest BCUT2D eigenvalue weighted by Crippen LogP contribution is -2.47. The van der Waals surface area contributed by atoms with Gasteiger partial charge in [-0.2, -0.15) is 0 Å². The van der Waals surface area contributed by atoms with Gasteiger partial charge >= 0.3 is 5.97 Å². The van der Waals surface area contributed by atoms with Gasteiger partial charge in [0.15, 0.2) is 6.04 Å². The summed E-state index contributed by atoms with van der Waals surface area (Å²) < 4.78 is 1.81. The molecule has 12 heavy (non-hydrogen) atoms. The summed E-state index contributed by atoms with van der Waals surface area (Å²) in [4.78, 5) is 13.7. The van der Waals surface area contributed by atoms with Crippen LogP contribution in [-0.4, -0.2) is 16.1 Å². The van der Waals surface area contributed by atoms with E-state index in [2.05, 4.69) is 4.98 Å². The van der Waals surface area contributed by atoms with Crippen LogP contribution in [0.4, 0.5) is 0 Å². The first kappa shape index (κ1) is 7.34. The molecule has 2 N–H and O–H groups in total. The Labute approximate surface area is 69.8 Å². The van der Waals surface area contributed by atoms with Crippen molar-refractivity contribution in [3.05, 3.63) is 18.2 Å². The third-order valence-electron chi connectivity index (χ3n) is 2.33. The molecular formula is C8H11N2O2+. The topological polar surface area (TPSA) is 57.0 Å². The fourth-order valence-corrected chi connectivity index (χ4v) is 1.72. The molecule has 4 nitrogen and oxygen atoms in total. The molecule has 0 radical (unpaired) electrons. The number of aromatic nitrogens is 2. The zero-order chi connectivity index (χ0) is 8.55. The number of carbonyl (C=O) groups is 1. The first-order valence-corrected chi connectivity index (χ1v) is 4.08. The highest BCUT2D eigenvalue weighted by atomic mass is 16.4. The molecule has 1 aliphatic rings. The van der Waals surface area contributed by atoms with E-state index in [1.807, 2.05) is 10.8 Å². The van der Waals surface area contributed by atoms with Crippen LogP contribution in [0.15, 0.2) is 12.5 Å². The minimum absolute atomic E-state index is 0.361. The van der Waals surface area contributed by atoms with Gasteiger partial charge in [-0.15, -0.1) is 0 Å². The molecule has 1 atom stereocenters. The van der Waals surface area contributed by atoms with Gasteiger partial charge in [0.05, 0.1) is 0 Å². The van der Waals surface area contributed by atoms with Gasteiger partial charge in [-0.05, 0) is 12.8 Å². The molecule has 0 amide bonds. The van der Waals surface area contributed by atoms with Crippen molar-refractivity contribution in [1.82, 2.24) is 4.98 Å². The molecule has 0 aromatic carbocycles. The highest BCUT2D eigenvalue weighted by molar-refractivity contribution is 5.69. The third-order valence-corrected chi connectivity index (χ3v) is 2.33. The molecule has 0 aliphatic carbocycles. The highest BCUT2D eigenvalue weighted by Crippen LogP contribution is 2.16. The lowest BCUT2D eigenvalue weighted by atomic mass is 10.0. The molecule has 1 aliphatic heterocycles. The van der Waals surface area contributed by atoms with Gasteiger partial charge in [0.25, 0.3) is 0 Å². The van der Waals surface area contributed by atoms with Crippen LogP contribution >= 0.6 is 0 Å². The summed E-state index contributed by atoms with van der Waals surface area (Å²) in [6.07, 6.45) is 6.29. The first-order valence-electron chi connectivity index (χ1n) is 4.08. The van der Waals surface area contributed by atoms with Crippen LogP contribution in [-0.2, 0) is 11.2 Å². The summed E-state index contributed by atoms with van der Waals surface area (Å²) in [5, 5.41) is 8.87. The number of imidazole rings is 1. The van der Waals surface area contributed by atoms with E-state index in [0.29, 0.717) is 0 Å². The fraction of sp³-hybridized carbons (Fsp3) is 0.500. The molecule has 0 fully saturated rings. The second-order valence-electron chi connectivity index (χ2n) is 3.08. The summed E-state index contributed by atoms with van der Waals surface area (Å²) in [5.74, 6) is -0.736. The largest absolute Gasteiger partial charge is 0.478 e. The lowest BCUT2D eigenvalue weighted by molar-refractivity contribution is -0.721. The smallest absolute Gasteiger partial charge is 0.349 e. The number of hydrogen-bond acceptors (Lipinski definition) is 1. The van der Waals surface area contributed by atoms with E-state index in [9.17, 15) is 4.79 Å². The molecule has 0 saturated heterocycles. The predicted octanol–water partition coefficient (Wildman–Crippen LogP) is 0.264. The number of nitrogens with one attached hydrogen (secondary N) is 1. The number of nitrogens with zero attached hydrogens (tertiary/aromatic N) is 1. The maximum Gasteiger partial charge on any atom is 0.349 e. The molecule has 4 heteroatoms. The van der Waals surface area contributed by atoms with E-state index in [-0.39, 0.29) is 6.04 Å². The SMILES string of the molecule is O=C(O)[C@H]1CCCc2c[nH]c[n+]21. The Kier molecular flexibility index (Phi) is 1.60. The minimum atomic E-state index is -0.736. The van der Waals surface area contributed by atoms with E-state index in [1.54, 1.807) is 6.33 Å².